The van der Waals surface area contributed by atoms with Crippen LogP contribution in [0, 0.1) is 0 Å². The first-order chi connectivity index (χ1) is 13.7. The molecule has 0 bridgehead atoms. The van der Waals surface area contributed by atoms with Crippen molar-refractivity contribution in [2.24, 2.45) is 5.73 Å². The average molecular weight is 366 g/mol. The third-order valence-corrected chi connectivity index (χ3v) is 4.38. The SMILES string of the molecule is NC(=O)C/C(=C(\c1ccccc1)c1ccc(C=C[C]=O)cc1)c1ccccc1. The summed E-state index contributed by atoms with van der Waals surface area (Å²) >= 11 is 0. The first kappa shape index (κ1) is 19.1. The van der Waals surface area contributed by atoms with Gasteiger partial charge >= 0.3 is 0 Å². The molecule has 28 heavy (non-hydrogen) atoms. The van der Waals surface area contributed by atoms with E-state index >= 15 is 0 Å². The Kier molecular flexibility index (Phi) is 6.32. The predicted octanol–water partition coefficient (Wildman–Crippen LogP) is 4.64. The lowest BCUT2D eigenvalue weighted by atomic mass is 9.87. The van der Waals surface area contributed by atoms with Crippen molar-refractivity contribution >= 4 is 29.4 Å². The van der Waals surface area contributed by atoms with Crippen LogP contribution < -0.4 is 5.73 Å². The molecule has 0 unspecified atom stereocenters. The number of hydrogen-bond acceptors (Lipinski definition) is 2. The summed E-state index contributed by atoms with van der Waals surface area (Å²) in [6, 6.07) is 27.6. The molecule has 0 aromatic heterocycles. The summed E-state index contributed by atoms with van der Waals surface area (Å²) in [5.74, 6) is -0.381. The minimum absolute atomic E-state index is 0.135. The summed E-state index contributed by atoms with van der Waals surface area (Å²) in [4.78, 5) is 22.3. The summed E-state index contributed by atoms with van der Waals surface area (Å²) in [5, 5.41) is 0. The largest absolute Gasteiger partial charge is 0.369 e. The van der Waals surface area contributed by atoms with Crippen LogP contribution in [0.2, 0.25) is 0 Å². The van der Waals surface area contributed by atoms with E-state index in [1.54, 1.807) is 12.4 Å². The van der Waals surface area contributed by atoms with E-state index in [0.29, 0.717) is 0 Å². The van der Waals surface area contributed by atoms with Gasteiger partial charge in [-0.15, -0.1) is 0 Å². The smallest absolute Gasteiger partial charge is 0.225 e. The minimum atomic E-state index is -0.381. The van der Waals surface area contributed by atoms with Gasteiger partial charge in [0.15, 0.2) is 0 Å². The van der Waals surface area contributed by atoms with Crippen LogP contribution in [0.5, 0.6) is 0 Å². The van der Waals surface area contributed by atoms with Gasteiger partial charge in [0.25, 0.3) is 0 Å². The lowest BCUT2D eigenvalue weighted by molar-refractivity contribution is -0.117. The lowest BCUT2D eigenvalue weighted by Crippen LogP contribution is -2.12. The van der Waals surface area contributed by atoms with Crippen molar-refractivity contribution in [2.45, 2.75) is 6.42 Å². The third kappa shape index (κ3) is 4.71. The predicted molar refractivity (Wildman–Crippen MR) is 114 cm³/mol. The fourth-order valence-electron chi connectivity index (χ4n) is 3.16. The second kappa shape index (κ2) is 9.28. The van der Waals surface area contributed by atoms with Crippen LogP contribution in [-0.2, 0) is 9.59 Å². The Balaban J connectivity index is 2.22. The molecule has 0 aliphatic carbocycles. The number of hydrogen-bond donors (Lipinski definition) is 1. The van der Waals surface area contributed by atoms with Gasteiger partial charge in [0.1, 0.15) is 0 Å². The normalized spacial score (nSPS) is 11.9. The lowest BCUT2D eigenvalue weighted by Gasteiger charge is -2.17. The number of carbonyl (C=O) groups excluding carboxylic acids is 2. The summed E-state index contributed by atoms with van der Waals surface area (Å²) in [6.45, 7) is 0. The third-order valence-electron chi connectivity index (χ3n) is 4.38. The van der Waals surface area contributed by atoms with E-state index in [1.165, 1.54) is 6.08 Å². The number of allylic oxidation sites excluding steroid dienone is 1. The monoisotopic (exact) mass is 366 g/mol. The second-order valence-electron chi connectivity index (χ2n) is 6.30. The van der Waals surface area contributed by atoms with Crippen molar-refractivity contribution in [1.29, 1.82) is 0 Å². The number of carbonyl (C=O) groups is 1. The highest BCUT2D eigenvalue weighted by molar-refractivity contribution is 6.04. The average Bonchev–Trinajstić information content (AvgIpc) is 2.74. The summed E-state index contributed by atoms with van der Waals surface area (Å²) in [5.41, 5.74) is 11.3. The molecule has 1 radical (unpaired) electrons. The first-order valence-corrected chi connectivity index (χ1v) is 8.96. The molecule has 3 aromatic rings. The number of rotatable bonds is 7. The van der Waals surface area contributed by atoms with E-state index in [9.17, 15) is 9.59 Å². The summed E-state index contributed by atoms with van der Waals surface area (Å²) in [6.07, 6.45) is 4.92. The number of amides is 1. The van der Waals surface area contributed by atoms with Gasteiger partial charge in [-0.3, -0.25) is 9.59 Å². The van der Waals surface area contributed by atoms with Crippen LogP contribution in [0.25, 0.3) is 17.2 Å². The highest BCUT2D eigenvalue weighted by Crippen LogP contribution is 2.34. The number of nitrogens with two attached hydrogens (primary N) is 1. The van der Waals surface area contributed by atoms with E-state index in [4.69, 9.17) is 5.73 Å². The van der Waals surface area contributed by atoms with Crippen LogP contribution in [0.4, 0.5) is 0 Å². The minimum Gasteiger partial charge on any atom is -0.369 e. The van der Waals surface area contributed by atoms with Crippen molar-refractivity contribution < 1.29 is 9.59 Å². The van der Waals surface area contributed by atoms with Crippen molar-refractivity contribution in [3.05, 3.63) is 113 Å². The van der Waals surface area contributed by atoms with Crippen LogP contribution >= 0.6 is 0 Å². The Bertz CT molecular complexity index is 1000. The van der Waals surface area contributed by atoms with Gasteiger partial charge < -0.3 is 5.73 Å². The van der Waals surface area contributed by atoms with Gasteiger partial charge in [0.05, 0.1) is 6.42 Å². The Morgan fingerprint density at radius 2 is 1.32 bits per heavy atom. The zero-order valence-electron chi connectivity index (χ0n) is 15.3. The van der Waals surface area contributed by atoms with E-state index < -0.39 is 0 Å². The van der Waals surface area contributed by atoms with Gasteiger partial charge in [-0.1, -0.05) is 91.0 Å². The molecular weight excluding hydrogens is 346 g/mol. The molecule has 0 saturated heterocycles. The standard InChI is InChI=1S/C25H20NO2/c26-24(28)18-23(20-9-3-1-4-10-20)25(21-11-5-2-6-12-21)22-15-13-19(14-16-22)8-7-17-27/h1-16H,18H2,(H2,26,28)/b8-7?,25-23-. The molecular formula is C25H20NO2. The highest BCUT2D eigenvalue weighted by atomic mass is 16.1. The Morgan fingerprint density at radius 3 is 1.86 bits per heavy atom. The molecule has 1 amide bonds. The van der Waals surface area contributed by atoms with Gasteiger partial charge in [-0.25, -0.2) is 0 Å². The molecule has 0 fully saturated rings. The fourth-order valence-corrected chi connectivity index (χ4v) is 3.16. The molecule has 0 aliphatic rings. The molecule has 3 heteroatoms. The Labute approximate surface area is 164 Å². The molecule has 137 valence electrons. The summed E-state index contributed by atoms with van der Waals surface area (Å²) < 4.78 is 0. The van der Waals surface area contributed by atoms with Gasteiger partial charge in [0.2, 0.25) is 12.2 Å². The molecule has 3 nitrogen and oxygen atoms in total. The van der Waals surface area contributed by atoms with Gasteiger partial charge in [0, 0.05) is 0 Å². The zero-order chi connectivity index (χ0) is 19.8. The van der Waals surface area contributed by atoms with Gasteiger partial charge in [-0.2, -0.15) is 0 Å². The van der Waals surface area contributed by atoms with E-state index in [0.717, 1.165) is 33.4 Å². The molecule has 3 rings (SSSR count). The molecule has 0 spiro atoms. The zero-order valence-corrected chi connectivity index (χ0v) is 15.3. The fraction of sp³-hybridized carbons (Fsp3) is 0.0400. The van der Waals surface area contributed by atoms with E-state index in [1.807, 2.05) is 84.9 Å². The number of primary amides is 1. The topological polar surface area (TPSA) is 60.2 Å². The van der Waals surface area contributed by atoms with Crippen molar-refractivity contribution in [1.82, 2.24) is 0 Å². The van der Waals surface area contributed by atoms with Crippen molar-refractivity contribution in [3.8, 4) is 0 Å². The molecule has 0 heterocycles. The Hall–Kier alpha value is -3.72. The molecule has 0 atom stereocenters. The van der Waals surface area contributed by atoms with Crippen LogP contribution in [-0.4, -0.2) is 12.2 Å². The molecule has 3 aromatic carbocycles. The number of benzene rings is 3. The van der Waals surface area contributed by atoms with E-state index in [2.05, 4.69) is 0 Å². The molecule has 2 N–H and O–H groups in total. The van der Waals surface area contributed by atoms with E-state index in [-0.39, 0.29) is 12.3 Å². The maximum absolute atomic E-state index is 11.9. The molecule has 0 saturated carbocycles. The quantitative estimate of drug-likeness (QED) is 0.489. The molecule has 0 aliphatic heterocycles. The maximum atomic E-state index is 11.9. The maximum Gasteiger partial charge on any atom is 0.225 e. The van der Waals surface area contributed by atoms with Crippen molar-refractivity contribution in [2.75, 3.05) is 0 Å². The summed E-state index contributed by atoms with van der Waals surface area (Å²) in [7, 11) is 0. The van der Waals surface area contributed by atoms with Crippen LogP contribution in [0.1, 0.15) is 28.7 Å². The second-order valence-corrected chi connectivity index (χ2v) is 6.30. The van der Waals surface area contributed by atoms with Crippen LogP contribution in [0.3, 0.4) is 0 Å². The van der Waals surface area contributed by atoms with Gasteiger partial charge in [-0.05, 0) is 39.5 Å². The first-order valence-electron chi connectivity index (χ1n) is 8.96. The highest BCUT2D eigenvalue weighted by Gasteiger charge is 2.15. The van der Waals surface area contributed by atoms with Crippen molar-refractivity contribution in [3.63, 3.8) is 0 Å². The Morgan fingerprint density at radius 1 is 0.786 bits per heavy atom. The van der Waals surface area contributed by atoms with Crippen LogP contribution in [0.15, 0.2) is 91.0 Å².